The fraction of sp³-hybridized carbons (Fsp3) is 0.200. The number of nitrogens with one attached hydrogen (secondary N) is 1. The third-order valence-electron chi connectivity index (χ3n) is 2.93. The second-order valence-electron chi connectivity index (χ2n) is 4.87. The van der Waals surface area contributed by atoms with Gasteiger partial charge in [-0.2, -0.15) is 9.97 Å². The Bertz CT molecular complexity index is 754. The predicted molar refractivity (Wildman–Crippen MR) is 92.5 cm³/mol. The molecule has 1 aromatic carbocycles. The summed E-state index contributed by atoms with van der Waals surface area (Å²) >= 11 is 9.34. The molecule has 122 valence electrons. The number of aromatic nitrogens is 2. The van der Waals surface area contributed by atoms with Crippen molar-refractivity contribution in [2.45, 2.75) is 6.92 Å². The third-order valence-corrected chi connectivity index (χ3v) is 3.83. The standard InChI is InChI=1S/C15H14BrClF2N4/c1-8(2)7-23(11-5-4-9(18)6-10(11)19)14-12(16)13(20-3)21-15(17)22-14/h4-6H,1,7H2,2-3H3,(H,20,21,22). The van der Waals surface area contributed by atoms with Crippen molar-refractivity contribution in [2.24, 2.45) is 0 Å². The molecule has 8 heteroatoms. The quantitative estimate of drug-likeness (QED) is 0.568. The fourth-order valence-corrected chi connectivity index (χ4v) is 2.75. The molecule has 0 amide bonds. The highest BCUT2D eigenvalue weighted by molar-refractivity contribution is 9.10. The average molecular weight is 404 g/mol. The van der Waals surface area contributed by atoms with Gasteiger partial charge in [0.1, 0.15) is 21.9 Å². The second kappa shape index (κ2) is 7.23. The summed E-state index contributed by atoms with van der Waals surface area (Å²) in [4.78, 5) is 9.75. The van der Waals surface area contributed by atoms with Crippen LogP contribution in [0.5, 0.6) is 0 Å². The minimum atomic E-state index is -0.709. The maximum Gasteiger partial charge on any atom is 0.226 e. The van der Waals surface area contributed by atoms with Gasteiger partial charge in [0.15, 0.2) is 5.82 Å². The Morgan fingerprint density at radius 2 is 2.09 bits per heavy atom. The summed E-state index contributed by atoms with van der Waals surface area (Å²) in [5.41, 5.74) is 0.924. The number of hydrogen-bond acceptors (Lipinski definition) is 4. The zero-order valence-corrected chi connectivity index (χ0v) is 14.8. The fourth-order valence-electron chi connectivity index (χ4n) is 2.00. The van der Waals surface area contributed by atoms with Crippen molar-refractivity contribution in [3.8, 4) is 0 Å². The first-order chi connectivity index (χ1) is 10.8. The van der Waals surface area contributed by atoms with E-state index in [-0.39, 0.29) is 17.5 Å². The van der Waals surface area contributed by atoms with Gasteiger partial charge in [-0.25, -0.2) is 8.78 Å². The van der Waals surface area contributed by atoms with Gasteiger partial charge in [0.25, 0.3) is 0 Å². The lowest BCUT2D eigenvalue weighted by Crippen LogP contribution is -2.22. The summed E-state index contributed by atoms with van der Waals surface area (Å²) in [5.74, 6) is -0.562. The highest BCUT2D eigenvalue weighted by Crippen LogP contribution is 2.36. The highest BCUT2D eigenvalue weighted by atomic mass is 79.9. The summed E-state index contributed by atoms with van der Waals surface area (Å²) in [6.45, 7) is 5.91. The third kappa shape index (κ3) is 3.97. The van der Waals surface area contributed by atoms with Crippen LogP contribution >= 0.6 is 27.5 Å². The van der Waals surface area contributed by atoms with Crippen molar-refractivity contribution in [2.75, 3.05) is 23.8 Å². The number of benzene rings is 1. The summed E-state index contributed by atoms with van der Waals surface area (Å²) in [5, 5.41) is 2.88. The van der Waals surface area contributed by atoms with Gasteiger partial charge < -0.3 is 10.2 Å². The Labute approximate surface area is 146 Å². The number of rotatable bonds is 5. The zero-order chi connectivity index (χ0) is 17.1. The van der Waals surface area contributed by atoms with E-state index in [1.807, 2.05) is 0 Å². The van der Waals surface area contributed by atoms with Gasteiger partial charge >= 0.3 is 0 Å². The summed E-state index contributed by atoms with van der Waals surface area (Å²) in [7, 11) is 1.68. The molecule has 0 aliphatic carbocycles. The van der Waals surface area contributed by atoms with Crippen LogP contribution in [0.25, 0.3) is 0 Å². The Balaban J connectivity index is 2.64. The molecule has 0 bridgehead atoms. The van der Waals surface area contributed by atoms with Crippen LogP contribution in [-0.2, 0) is 0 Å². The minimum Gasteiger partial charge on any atom is -0.372 e. The van der Waals surface area contributed by atoms with E-state index in [0.717, 1.165) is 11.6 Å². The maximum atomic E-state index is 14.2. The molecule has 4 nitrogen and oxygen atoms in total. The Morgan fingerprint density at radius 1 is 1.39 bits per heavy atom. The molecule has 23 heavy (non-hydrogen) atoms. The van der Waals surface area contributed by atoms with Crippen molar-refractivity contribution in [1.82, 2.24) is 9.97 Å². The van der Waals surface area contributed by atoms with Crippen LogP contribution in [-0.4, -0.2) is 23.6 Å². The molecule has 1 heterocycles. The number of nitrogens with zero attached hydrogens (tertiary/aromatic N) is 3. The second-order valence-corrected chi connectivity index (χ2v) is 6.00. The lowest BCUT2D eigenvalue weighted by atomic mass is 10.2. The number of anilines is 3. The molecular weight excluding hydrogens is 390 g/mol. The van der Waals surface area contributed by atoms with Gasteiger partial charge in [-0.3, -0.25) is 0 Å². The lowest BCUT2D eigenvalue weighted by molar-refractivity contribution is 0.582. The van der Waals surface area contributed by atoms with Gasteiger partial charge in [0, 0.05) is 19.7 Å². The summed E-state index contributed by atoms with van der Waals surface area (Å²) < 4.78 is 27.9. The van der Waals surface area contributed by atoms with E-state index in [1.54, 1.807) is 18.9 Å². The van der Waals surface area contributed by atoms with E-state index in [9.17, 15) is 8.78 Å². The van der Waals surface area contributed by atoms with Crippen LogP contribution in [0, 0.1) is 11.6 Å². The van der Waals surface area contributed by atoms with Gasteiger partial charge in [-0.05, 0) is 46.6 Å². The van der Waals surface area contributed by atoms with Crippen LogP contribution in [0.2, 0.25) is 5.28 Å². The highest BCUT2D eigenvalue weighted by Gasteiger charge is 2.21. The Morgan fingerprint density at radius 3 is 2.65 bits per heavy atom. The Kier molecular flexibility index (Phi) is 5.54. The number of hydrogen-bond donors (Lipinski definition) is 1. The average Bonchev–Trinajstić information content (AvgIpc) is 2.47. The molecule has 2 rings (SSSR count). The lowest BCUT2D eigenvalue weighted by Gasteiger charge is -2.26. The van der Waals surface area contributed by atoms with Crippen molar-refractivity contribution in [1.29, 1.82) is 0 Å². The first-order valence-corrected chi connectivity index (χ1v) is 7.78. The zero-order valence-electron chi connectivity index (χ0n) is 12.5. The molecular formula is C15H14BrClF2N4. The smallest absolute Gasteiger partial charge is 0.226 e. The maximum absolute atomic E-state index is 14.2. The van der Waals surface area contributed by atoms with E-state index in [4.69, 9.17) is 11.6 Å². The molecule has 0 aliphatic rings. The molecule has 0 radical (unpaired) electrons. The van der Waals surface area contributed by atoms with Gasteiger partial charge in [0.2, 0.25) is 5.28 Å². The van der Waals surface area contributed by atoms with Crippen molar-refractivity contribution in [3.05, 3.63) is 51.7 Å². The molecule has 0 fully saturated rings. The normalized spacial score (nSPS) is 10.5. The van der Waals surface area contributed by atoms with Gasteiger partial charge in [0.05, 0.1) is 5.69 Å². The topological polar surface area (TPSA) is 41.1 Å². The molecule has 0 atom stereocenters. The largest absolute Gasteiger partial charge is 0.372 e. The predicted octanol–water partition coefficient (Wildman–Crippen LogP) is 4.93. The summed E-state index contributed by atoms with van der Waals surface area (Å²) in [6.07, 6.45) is 0. The van der Waals surface area contributed by atoms with Crippen LogP contribution < -0.4 is 10.2 Å². The molecule has 0 saturated carbocycles. The van der Waals surface area contributed by atoms with Crippen molar-refractivity contribution in [3.63, 3.8) is 0 Å². The molecule has 2 aromatic rings. The monoisotopic (exact) mass is 402 g/mol. The van der Waals surface area contributed by atoms with E-state index in [0.29, 0.717) is 16.1 Å². The van der Waals surface area contributed by atoms with Crippen LogP contribution in [0.4, 0.5) is 26.1 Å². The van der Waals surface area contributed by atoms with Crippen molar-refractivity contribution >= 4 is 44.9 Å². The molecule has 0 aliphatic heterocycles. The summed E-state index contributed by atoms with van der Waals surface area (Å²) in [6, 6.07) is 3.34. The first kappa shape index (κ1) is 17.6. The van der Waals surface area contributed by atoms with Gasteiger partial charge in [-0.15, -0.1) is 0 Å². The van der Waals surface area contributed by atoms with Crippen molar-refractivity contribution < 1.29 is 8.78 Å². The minimum absolute atomic E-state index is 0.00165. The van der Waals surface area contributed by atoms with E-state index >= 15 is 0 Å². The number of halogens is 4. The molecule has 1 N–H and O–H groups in total. The van der Waals surface area contributed by atoms with Crippen LogP contribution in [0.1, 0.15) is 6.92 Å². The van der Waals surface area contributed by atoms with E-state index in [2.05, 4.69) is 37.8 Å². The molecule has 0 spiro atoms. The van der Waals surface area contributed by atoms with Crippen LogP contribution in [0.3, 0.4) is 0 Å². The SMILES string of the molecule is C=C(C)CN(c1ccc(F)cc1F)c1nc(Cl)nc(NC)c1Br. The molecule has 0 unspecified atom stereocenters. The first-order valence-electron chi connectivity index (χ1n) is 6.61. The van der Waals surface area contributed by atoms with E-state index < -0.39 is 11.6 Å². The molecule has 1 aromatic heterocycles. The van der Waals surface area contributed by atoms with Gasteiger partial charge in [-0.1, -0.05) is 12.2 Å². The van der Waals surface area contributed by atoms with Crippen LogP contribution in [0.15, 0.2) is 34.8 Å². The molecule has 0 saturated heterocycles. The Hall–Kier alpha value is -1.73. The van der Waals surface area contributed by atoms with E-state index in [1.165, 1.54) is 12.1 Å².